The molecule has 128 valence electrons. The van der Waals surface area contributed by atoms with E-state index >= 15 is 0 Å². The number of likely N-dealkylation sites (tertiary alicyclic amines) is 1. The van der Waals surface area contributed by atoms with Crippen LogP contribution in [0.5, 0.6) is 0 Å². The fraction of sp³-hybridized carbons (Fsp3) is 0.579. The maximum Gasteiger partial charge on any atom is 0.254 e. The largest absolute Gasteiger partial charge is 0.440 e. The van der Waals surface area contributed by atoms with Gasteiger partial charge in [0.05, 0.1) is 12.6 Å². The van der Waals surface area contributed by atoms with Crippen molar-refractivity contribution in [1.29, 1.82) is 0 Å². The molecule has 0 bridgehead atoms. The third kappa shape index (κ3) is 2.81. The van der Waals surface area contributed by atoms with E-state index in [1.807, 2.05) is 18.2 Å². The first-order valence-corrected chi connectivity index (χ1v) is 9.08. The van der Waals surface area contributed by atoms with Crippen LogP contribution < -0.4 is 0 Å². The molecule has 1 amide bonds. The third-order valence-electron chi connectivity index (χ3n) is 5.46. The lowest BCUT2D eigenvalue weighted by Gasteiger charge is -2.22. The van der Waals surface area contributed by atoms with Crippen LogP contribution in [-0.2, 0) is 0 Å². The summed E-state index contributed by atoms with van der Waals surface area (Å²) in [5.41, 5.74) is 2.14. The molecule has 1 aliphatic heterocycles. The number of aliphatic hydroxyl groups excluding tert-OH is 1. The van der Waals surface area contributed by atoms with E-state index in [1.54, 1.807) is 4.90 Å². The van der Waals surface area contributed by atoms with Gasteiger partial charge in [0.1, 0.15) is 5.52 Å². The van der Waals surface area contributed by atoms with Gasteiger partial charge in [0.25, 0.3) is 5.91 Å². The number of carbonyl (C=O) groups excluding carboxylic acids is 1. The van der Waals surface area contributed by atoms with Crippen LogP contribution in [0.25, 0.3) is 11.1 Å². The van der Waals surface area contributed by atoms with Crippen LogP contribution in [0.3, 0.4) is 0 Å². The van der Waals surface area contributed by atoms with Gasteiger partial charge >= 0.3 is 0 Å². The first-order valence-electron chi connectivity index (χ1n) is 9.08. The van der Waals surface area contributed by atoms with Crippen molar-refractivity contribution in [3.8, 4) is 0 Å². The van der Waals surface area contributed by atoms with Gasteiger partial charge in [-0.25, -0.2) is 4.98 Å². The Hall–Kier alpha value is -1.88. The number of aliphatic hydroxyl groups is 1. The number of benzene rings is 1. The van der Waals surface area contributed by atoms with Crippen molar-refractivity contribution >= 4 is 17.0 Å². The maximum atomic E-state index is 12.7. The summed E-state index contributed by atoms with van der Waals surface area (Å²) >= 11 is 0. The molecule has 0 unspecified atom stereocenters. The van der Waals surface area contributed by atoms with Crippen molar-refractivity contribution in [2.45, 2.75) is 56.9 Å². The zero-order valence-corrected chi connectivity index (χ0v) is 13.9. The van der Waals surface area contributed by atoms with E-state index in [4.69, 9.17) is 4.42 Å². The molecule has 2 aromatic rings. The Labute approximate surface area is 141 Å². The number of rotatable bonds is 3. The summed E-state index contributed by atoms with van der Waals surface area (Å²) in [4.78, 5) is 19.1. The lowest BCUT2D eigenvalue weighted by atomic mass is 9.89. The number of fused-ring (bicyclic) bond motifs is 1. The Morgan fingerprint density at radius 3 is 2.83 bits per heavy atom. The molecule has 1 aromatic carbocycles. The Kier molecular flexibility index (Phi) is 4.27. The quantitative estimate of drug-likeness (QED) is 0.937. The van der Waals surface area contributed by atoms with Crippen molar-refractivity contribution in [3.05, 3.63) is 29.7 Å². The smallest absolute Gasteiger partial charge is 0.254 e. The molecule has 1 saturated heterocycles. The molecule has 1 saturated carbocycles. The van der Waals surface area contributed by atoms with Crippen LogP contribution in [0.1, 0.15) is 67.1 Å². The summed E-state index contributed by atoms with van der Waals surface area (Å²) in [6, 6.07) is 5.46. The van der Waals surface area contributed by atoms with Gasteiger partial charge in [0.2, 0.25) is 0 Å². The summed E-state index contributed by atoms with van der Waals surface area (Å²) in [7, 11) is 0. The predicted molar refractivity (Wildman–Crippen MR) is 91.0 cm³/mol. The minimum absolute atomic E-state index is 0.0240. The third-order valence-corrected chi connectivity index (χ3v) is 5.46. The van der Waals surface area contributed by atoms with E-state index in [0.29, 0.717) is 23.6 Å². The highest BCUT2D eigenvalue weighted by molar-refractivity contribution is 5.97. The normalized spacial score (nSPS) is 22.4. The minimum atomic E-state index is -0.0549. The van der Waals surface area contributed by atoms with Crippen molar-refractivity contribution in [2.24, 2.45) is 0 Å². The van der Waals surface area contributed by atoms with Crippen molar-refractivity contribution in [1.82, 2.24) is 9.88 Å². The van der Waals surface area contributed by atoms with Crippen molar-refractivity contribution in [3.63, 3.8) is 0 Å². The van der Waals surface area contributed by atoms with Gasteiger partial charge < -0.3 is 14.4 Å². The maximum absolute atomic E-state index is 12.7. The molecule has 4 rings (SSSR count). The SMILES string of the molecule is O=C(c1ccc2nc(C3CCCCC3)oc2c1)N1CCC[C@H]1CO. The number of aromatic nitrogens is 1. The Balaban J connectivity index is 1.59. The number of amides is 1. The predicted octanol–water partition coefficient (Wildman–Crippen LogP) is 3.47. The van der Waals surface area contributed by atoms with E-state index in [0.717, 1.165) is 37.1 Å². The molecule has 1 aliphatic carbocycles. The van der Waals surface area contributed by atoms with Gasteiger partial charge in [-0.2, -0.15) is 0 Å². The molecule has 1 atom stereocenters. The number of carbonyl (C=O) groups is 1. The zero-order valence-electron chi connectivity index (χ0n) is 13.9. The zero-order chi connectivity index (χ0) is 16.5. The van der Waals surface area contributed by atoms with Gasteiger partial charge in [-0.3, -0.25) is 4.79 Å². The molecule has 5 nitrogen and oxygen atoms in total. The molecule has 0 spiro atoms. The van der Waals surface area contributed by atoms with E-state index in [9.17, 15) is 9.90 Å². The van der Waals surface area contributed by atoms with E-state index < -0.39 is 0 Å². The van der Waals surface area contributed by atoms with Crippen molar-refractivity contribution < 1.29 is 14.3 Å². The topological polar surface area (TPSA) is 66.6 Å². The monoisotopic (exact) mass is 328 g/mol. The Morgan fingerprint density at radius 1 is 1.21 bits per heavy atom. The fourth-order valence-corrected chi connectivity index (χ4v) is 4.06. The van der Waals surface area contributed by atoms with Crippen LogP contribution in [0.15, 0.2) is 22.6 Å². The van der Waals surface area contributed by atoms with Crippen LogP contribution in [0, 0.1) is 0 Å². The lowest BCUT2D eigenvalue weighted by Crippen LogP contribution is -2.37. The second-order valence-electron chi connectivity index (χ2n) is 7.05. The molecule has 2 fully saturated rings. The second kappa shape index (κ2) is 6.55. The van der Waals surface area contributed by atoms with Gasteiger partial charge in [-0.15, -0.1) is 0 Å². The number of oxazole rings is 1. The average Bonchev–Trinajstić information content (AvgIpc) is 3.27. The van der Waals surface area contributed by atoms with Crippen LogP contribution in [0.4, 0.5) is 0 Å². The molecule has 2 heterocycles. The highest BCUT2D eigenvalue weighted by atomic mass is 16.3. The first kappa shape index (κ1) is 15.6. The van der Waals surface area contributed by atoms with E-state index in [1.165, 1.54) is 19.3 Å². The standard InChI is InChI=1S/C19H24N2O3/c22-12-15-7-4-10-21(15)19(23)14-8-9-16-17(11-14)24-18(20-16)13-5-2-1-3-6-13/h8-9,11,13,15,22H,1-7,10,12H2/t15-/m0/s1. The van der Waals surface area contributed by atoms with Crippen LogP contribution in [-0.4, -0.2) is 40.1 Å². The summed E-state index contributed by atoms with van der Waals surface area (Å²) < 4.78 is 5.98. The molecule has 1 N–H and O–H groups in total. The average molecular weight is 328 g/mol. The van der Waals surface area contributed by atoms with E-state index in [2.05, 4.69) is 4.98 Å². The van der Waals surface area contributed by atoms with Gasteiger partial charge in [-0.1, -0.05) is 19.3 Å². The minimum Gasteiger partial charge on any atom is -0.440 e. The van der Waals surface area contributed by atoms with Crippen molar-refractivity contribution in [2.75, 3.05) is 13.2 Å². The Bertz CT molecular complexity index is 733. The summed E-state index contributed by atoms with van der Waals surface area (Å²) in [5.74, 6) is 1.22. The molecular formula is C19H24N2O3. The molecule has 24 heavy (non-hydrogen) atoms. The number of nitrogens with zero attached hydrogens (tertiary/aromatic N) is 2. The van der Waals surface area contributed by atoms with E-state index in [-0.39, 0.29) is 18.6 Å². The summed E-state index contributed by atoms with van der Waals surface area (Å²) in [6.07, 6.45) is 7.90. The molecule has 0 radical (unpaired) electrons. The number of hydrogen-bond donors (Lipinski definition) is 1. The molecule has 2 aliphatic rings. The number of hydrogen-bond acceptors (Lipinski definition) is 4. The fourth-order valence-electron chi connectivity index (χ4n) is 4.06. The first-order chi connectivity index (χ1) is 11.8. The lowest BCUT2D eigenvalue weighted by molar-refractivity contribution is 0.0677. The van der Waals surface area contributed by atoms with Crippen LogP contribution in [0.2, 0.25) is 0 Å². The Morgan fingerprint density at radius 2 is 2.04 bits per heavy atom. The van der Waals surface area contributed by atoms with Gasteiger partial charge in [0, 0.05) is 18.0 Å². The second-order valence-corrected chi connectivity index (χ2v) is 7.05. The highest BCUT2D eigenvalue weighted by Gasteiger charge is 2.29. The van der Waals surface area contributed by atoms with Crippen LogP contribution >= 0.6 is 0 Å². The summed E-state index contributed by atoms with van der Waals surface area (Å²) in [5, 5.41) is 9.43. The molecular weight excluding hydrogens is 304 g/mol. The summed E-state index contributed by atoms with van der Waals surface area (Å²) in [6.45, 7) is 0.744. The van der Waals surface area contributed by atoms with Gasteiger partial charge in [-0.05, 0) is 43.9 Å². The molecule has 5 heteroatoms. The van der Waals surface area contributed by atoms with Gasteiger partial charge in [0.15, 0.2) is 11.5 Å². The highest BCUT2D eigenvalue weighted by Crippen LogP contribution is 2.34. The molecule has 1 aromatic heterocycles.